The topological polar surface area (TPSA) is 26.3 Å². The Balaban J connectivity index is 2.17. The summed E-state index contributed by atoms with van der Waals surface area (Å²) >= 11 is 0. The largest absolute Gasteiger partial charge is 0.457 e. The van der Waals surface area contributed by atoms with E-state index in [2.05, 4.69) is 45.0 Å². The third-order valence-corrected chi connectivity index (χ3v) is 3.03. The number of carbonyl (C=O) groups is 1. The van der Waals surface area contributed by atoms with Gasteiger partial charge in [-0.2, -0.15) is 0 Å². The fraction of sp³-hybridized carbons (Fsp3) is 0.500. The van der Waals surface area contributed by atoms with Crippen LogP contribution in [0.3, 0.4) is 0 Å². The number of ether oxygens (including phenoxy) is 1. The van der Waals surface area contributed by atoms with Crippen molar-refractivity contribution in [1.29, 1.82) is 0 Å². The van der Waals surface area contributed by atoms with Crippen LogP contribution in [-0.4, -0.2) is 5.97 Å². The lowest BCUT2D eigenvalue weighted by atomic mass is 9.86. The maximum atomic E-state index is 11.0. The summed E-state index contributed by atoms with van der Waals surface area (Å²) in [7, 11) is 0. The van der Waals surface area contributed by atoms with Gasteiger partial charge in [-0.15, -0.1) is 0 Å². The highest BCUT2D eigenvalue weighted by atomic mass is 16.5. The SMILES string of the molecule is CC(C)(C)c1ccc(C2CCC(=O)O2)cc1. The predicted molar refractivity (Wildman–Crippen MR) is 63.2 cm³/mol. The first-order chi connectivity index (χ1) is 7.47. The van der Waals surface area contributed by atoms with E-state index in [0.29, 0.717) is 6.42 Å². The Morgan fingerprint density at radius 2 is 1.81 bits per heavy atom. The minimum Gasteiger partial charge on any atom is -0.457 e. The van der Waals surface area contributed by atoms with Gasteiger partial charge in [0.25, 0.3) is 0 Å². The smallest absolute Gasteiger partial charge is 0.306 e. The van der Waals surface area contributed by atoms with Gasteiger partial charge in [-0.1, -0.05) is 45.0 Å². The first-order valence-corrected chi connectivity index (χ1v) is 5.77. The molecule has 1 unspecified atom stereocenters. The third kappa shape index (κ3) is 2.26. The molecular weight excluding hydrogens is 200 g/mol. The van der Waals surface area contributed by atoms with E-state index in [0.717, 1.165) is 12.0 Å². The zero-order chi connectivity index (χ0) is 11.8. The molecule has 1 aromatic carbocycles. The van der Waals surface area contributed by atoms with E-state index in [9.17, 15) is 4.79 Å². The fourth-order valence-electron chi connectivity index (χ4n) is 1.96. The first kappa shape index (κ1) is 11.2. The average Bonchev–Trinajstić information content (AvgIpc) is 2.64. The molecule has 1 saturated heterocycles. The van der Waals surface area contributed by atoms with E-state index < -0.39 is 0 Å². The van der Waals surface area contributed by atoms with Gasteiger partial charge in [0.2, 0.25) is 0 Å². The van der Waals surface area contributed by atoms with Crippen LogP contribution in [0, 0.1) is 0 Å². The molecule has 0 aliphatic carbocycles. The normalized spacial score (nSPS) is 20.9. The van der Waals surface area contributed by atoms with E-state index in [1.165, 1.54) is 5.56 Å². The summed E-state index contributed by atoms with van der Waals surface area (Å²) in [6, 6.07) is 8.40. The highest BCUT2D eigenvalue weighted by molar-refractivity contribution is 5.71. The van der Waals surface area contributed by atoms with Crippen LogP contribution in [0.1, 0.15) is 50.8 Å². The zero-order valence-corrected chi connectivity index (χ0v) is 10.1. The number of carbonyl (C=O) groups excluding carboxylic acids is 1. The van der Waals surface area contributed by atoms with E-state index in [1.54, 1.807) is 0 Å². The Labute approximate surface area is 96.6 Å². The highest BCUT2D eigenvalue weighted by Crippen LogP contribution is 2.31. The Kier molecular flexibility index (Phi) is 2.75. The quantitative estimate of drug-likeness (QED) is 0.675. The molecule has 0 radical (unpaired) electrons. The van der Waals surface area contributed by atoms with E-state index in [4.69, 9.17) is 4.74 Å². The summed E-state index contributed by atoms with van der Waals surface area (Å²) in [5.74, 6) is -0.0788. The average molecular weight is 218 g/mol. The summed E-state index contributed by atoms with van der Waals surface area (Å²) in [5.41, 5.74) is 2.59. The number of benzene rings is 1. The molecule has 16 heavy (non-hydrogen) atoms. The molecule has 0 N–H and O–H groups in total. The van der Waals surface area contributed by atoms with Crippen LogP contribution in [-0.2, 0) is 14.9 Å². The Morgan fingerprint density at radius 1 is 1.19 bits per heavy atom. The minimum atomic E-state index is -0.0788. The second-order valence-corrected chi connectivity index (χ2v) is 5.39. The third-order valence-electron chi connectivity index (χ3n) is 3.03. The monoisotopic (exact) mass is 218 g/mol. The van der Waals surface area contributed by atoms with Gasteiger partial charge >= 0.3 is 5.97 Å². The molecular formula is C14H18O2. The lowest BCUT2D eigenvalue weighted by molar-refractivity contribution is -0.141. The molecule has 1 aromatic rings. The van der Waals surface area contributed by atoms with Crippen molar-refractivity contribution < 1.29 is 9.53 Å². The number of cyclic esters (lactones) is 1. The molecule has 2 heteroatoms. The van der Waals surface area contributed by atoms with E-state index in [1.807, 2.05) is 0 Å². The second kappa shape index (κ2) is 3.93. The summed E-state index contributed by atoms with van der Waals surface area (Å²) in [6.45, 7) is 6.58. The van der Waals surface area contributed by atoms with Crippen molar-refractivity contribution in [1.82, 2.24) is 0 Å². The van der Waals surface area contributed by atoms with Crippen LogP contribution in [0.5, 0.6) is 0 Å². The van der Waals surface area contributed by atoms with Gasteiger partial charge in [-0.05, 0) is 23.0 Å². The second-order valence-electron chi connectivity index (χ2n) is 5.39. The van der Waals surface area contributed by atoms with Crippen molar-refractivity contribution >= 4 is 5.97 Å². The summed E-state index contributed by atoms with van der Waals surface area (Å²) in [6.07, 6.45) is 1.33. The maximum Gasteiger partial charge on any atom is 0.306 e. The molecule has 1 aliphatic rings. The van der Waals surface area contributed by atoms with Gasteiger partial charge in [0.1, 0.15) is 6.10 Å². The van der Waals surface area contributed by atoms with E-state index >= 15 is 0 Å². The molecule has 1 aliphatic heterocycles. The fourth-order valence-corrected chi connectivity index (χ4v) is 1.96. The Morgan fingerprint density at radius 3 is 2.25 bits per heavy atom. The number of hydrogen-bond donors (Lipinski definition) is 0. The zero-order valence-electron chi connectivity index (χ0n) is 10.1. The summed E-state index contributed by atoms with van der Waals surface area (Å²) in [4.78, 5) is 11.0. The molecule has 0 bridgehead atoms. The van der Waals surface area contributed by atoms with Crippen molar-refractivity contribution in [3.63, 3.8) is 0 Å². The van der Waals surface area contributed by atoms with Gasteiger partial charge in [0.05, 0.1) is 0 Å². The lowest BCUT2D eigenvalue weighted by Gasteiger charge is -2.19. The van der Waals surface area contributed by atoms with Crippen molar-refractivity contribution in [2.75, 3.05) is 0 Å². The van der Waals surface area contributed by atoms with Gasteiger partial charge in [0.15, 0.2) is 0 Å². The van der Waals surface area contributed by atoms with Gasteiger partial charge in [-0.25, -0.2) is 0 Å². The van der Waals surface area contributed by atoms with Crippen molar-refractivity contribution in [2.45, 2.75) is 45.1 Å². The first-order valence-electron chi connectivity index (χ1n) is 5.77. The summed E-state index contributed by atoms with van der Waals surface area (Å²) < 4.78 is 5.23. The van der Waals surface area contributed by atoms with Gasteiger partial charge in [0, 0.05) is 6.42 Å². The predicted octanol–water partition coefficient (Wildman–Crippen LogP) is 3.36. The van der Waals surface area contributed by atoms with E-state index in [-0.39, 0.29) is 17.5 Å². The van der Waals surface area contributed by atoms with Crippen molar-refractivity contribution in [3.8, 4) is 0 Å². The van der Waals surface area contributed by atoms with Crippen LogP contribution in [0.4, 0.5) is 0 Å². The van der Waals surface area contributed by atoms with Crippen molar-refractivity contribution in [3.05, 3.63) is 35.4 Å². The number of hydrogen-bond acceptors (Lipinski definition) is 2. The molecule has 2 nitrogen and oxygen atoms in total. The van der Waals surface area contributed by atoms with Gasteiger partial charge in [-0.3, -0.25) is 4.79 Å². The van der Waals surface area contributed by atoms with Crippen LogP contribution in [0.25, 0.3) is 0 Å². The van der Waals surface area contributed by atoms with Crippen molar-refractivity contribution in [2.24, 2.45) is 0 Å². The molecule has 0 amide bonds. The molecule has 86 valence electrons. The van der Waals surface area contributed by atoms with Gasteiger partial charge < -0.3 is 4.74 Å². The molecule has 1 atom stereocenters. The van der Waals surface area contributed by atoms with Crippen LogP contribution < -0.4 is 0 Å². The number of rotatable bonds is 1. The molecule has 0 saturated carbocycles. The van der Waals surface area contributed by atoms with Crippen LogP contribution in [0.2, 0.25) is 0 Å². The Bertz CT molecular complexity index is 384. The molecule has 0 aromatic heterocycles. The molecule has 1 heterocycles. The standard InChI is InChI=1S/C14H18O2/c1-14(2,3)11-6-4-10(5-7-11)12-8-9-13(15)16-12/h4-7,12H,8-9H2,1-3H3. The highest BCUT2D eigenvalue weighted by Gasteiger charge is 2.25. The van der Waals surface area contributed by atoms with Crippen LogP contribution >= 0.6 is 0 Å². The maximum absolute atomic E-state index is 11.0. The lowest BCUT2D eigenvalue weighted by Crippen LogP contribution is -2.11. The molecule has 0 spiro atoms. The minimum absolute atomic E-state index is 0.0264. The molecule has 1 fully saturated rings. The number of esters is 1. The molecule has 2 rings (SSSR count). The van der Waals surface area contributed by atoms with Crippen LogP contribution in [0.15, 0.2) is 24.3 Å². The summed E-state index contributed by atoms with van der Waals surface area (Å²) in [5, 5.41) is 0. The Hall–Kier alpha value is -1.31.